The van der Waals surface area contributed by atoms with Crippen LogP contribution in [0.1, 0.15) is 56.9 Å². The highest BCUT2D eigenvalue weighted by molar-refractivity contribution is 5.97. The summed E-state index contributed by atoms with van der Waals surface area (Å²) in [5.74, 6) is -1.62. The lowest BCUT2D eigenvalue weighted by molar-refractivity contribution is -0.143. The predicted octanol–water partition coefficient (Wildman–Crippen LogP) is 4.78. The van der Waals surface area contributed by atoms with Crippen LogP contribution >= 0.6 is 0 Å². The van der Waals surface area contributed by atoms with Crippen LogP contribution in [0.4, 0.5) is 26.3 Å². The van der Waals surface area contributed by atoms with E-state index in [-0.39, 0.29) is 23.6 Å². The topological polar surface area (TPSA) is 81.0 Å². The number of rotatable bonds is 6. The molecule has 0 aliphatic carbocycles. The Morgan fingerprint density at radius 1 is 0.943 bits per heavy atom. The molecule has 1 amide bonds. The summed E-state index contributed by atoms with van der Waals surface area (Å²) in [6, 6.07) is 3.68. The number of hydrogen-bond donors (Lipinski definition) is 0. The fourth-order valence-electron chi connectivity index (χ4n) is 3.29. The summed E-state index contributed by atoms with van der Waals surface area (Å²) in [7, 11) is 3.13. The van der Waals surface area contributed by atoms with E-state index in [1.807, 2.05) is 0 Å². The first-order valence-corrected chi connectivity index (χ1v) is 10.1. The van der Waals surface area contributed by atoms with Crippen LogP contribution in [0.2, 0.25) is 0 Å². The van der Waals surface area contributed by atoms with Gasteiger partial charge in [-0.25, -0.2) is 9.97 Å². The highest BCUT2D eigenvalue weighted by Gasteiger charge is 2.37. The number of carbonyl (C=O) groups excluding carboxylic acids is 2. The molecule has 0 saturated carbocycles. The Bertz CT molecular complexity index is 1220. The van der Waals surface area contributed by atoms with Crippen molar-refractivity contribution in [2.45, 2.75) is 31.6 Å². The number of halogens is 6. The summed E-state index contributed by atoms with van der Waals surface area (Å²) in [6.07, 6.45) is -8.06. The molecule has 3 aromatic rings. The minimum absolute atomic E-state index is 0.0372. The van der Waals surface area contributed by atoms with E-state index in [0.29, 0.717) is 17.7 Å². The molecule has 0 aliphatic rings. The number of nitrogens with zero attached hydrogens (tertiary/aromatic N) is 5. The second kappa shape index (κ2) is 9.47. The van der Waals surface area contributed by atoms with E-state index in [2.05, 4.69) is 15.1 Å². The number of hydrogen-bond acceptors (Lipinski definition) is 5. The fraction of sp³-hybridized carbons (Fsp3) is 0.318. The molecule has 0 aliphatic heterocycles. The molecule has 35 heavy (non-hydrogen) atoms. The van der Waals surface area contributed by atoms with Gasteiger partial charge in [0.1, 0.15) is 12.2 Å². The van der Waals surface area contributed by atoms with Crippen molar-refractivity contribution < 1.29 is 35.9 Å². The molecule has 7 nitrogen and oxygen atoms in total. The average molecular weight is 499 g/mol. The molecule has 0 fully saturated rings. The SMILES string of the molecule is C[C@H](CC(=O)c1cc(C(F)(F)F)cc(C(F)(F)F)c1)c1ncnn1-c1cc(C(=O)N(C)C)ccn1. The third-order valence-electron chi connectivity index (χ3n) is 5.03. The van der Waals surface area contributed by atoms with E-state index in [0.717, 1.165) is 6.33 Å². The molecule has 0 saturated heterocycles. The van der Waals surface area contributed by atoms with Gasteiger partial charge in [-0.15, -0.1) is 0 Å². The zero-order chi connectivity index (χ0) is 26.1. The highest BCUT2D eigenvalue weighted by Crippen LogP contribution is 2.37. The summed E-state index contributed by atoms with van der Waals surface area (Å²) in [6.45, 7) is 1.52. The van der Waals surface area contributed by atoms with Crippen molar-refractivity contribution in [2.75, 3.05) is 14.1 Å². The smallest absolute Gasteiger partial charge is 0.345 e. The third kappa shape index (κ3) is 5.84. The van der Waals surface area contributed by atoms with Crippen molar-refractivity contribution in [3.05, 3.63) is 70.9 Å². The summed E-state index contributed by atoms with van der Waals surface area (Å²) in [5, 5.41) is 4.03. The van der Waals surface area contributed by atoms with Gasteiger partial charge in [0.2, 0.25) is 0 Å². The van der Waals surface area contributed by atoms with Gasteiger partial charge in [0.05, 0.1) is 11.1 Å². The average Bonchev–Trinajstić information content (AvgIpc) is 3.27. The summed E-state index contributed by atoms with van der Waals surface area (Å²) in [5.41, 5.74) is -3.56. The minimum atomic E-state index is -5.07. The number of aromatic nitrogens is 4. The third-order valence-corrected chi connectivity index (χ3v) is 5.03. The van der Waals surface area contributed by atoms with Crippen LogP contribution in [-0.4, -0.2) is 50.4 Å². The number of ketones is 1. The summed E-state index contributed by atoms with van der Waals surface area (Å²) < 4.78 is 80.0. The number of pyridine rings is 1. The van der Waals surface area contributed by atoms with Crippen LogP contribution in [0.15, 0.2) is 42.9 Å². The molecule has 0 N–H and O–H groups in total. The van der Waals surface area contributed by atoms with Gasteiger partial charge >= 0.3 is 12.4 Å². The zero-order valence-corrected chi connectivity index (χ0v) is 18.6. The number of carbonyl (C=O) groups is 2. The van der Waals surface area contributed by atoms with Gasteiger partial charge in [-0.05, 0) is 30.3 Å². The molecule has 0 unspecified atom stereocenters. The van der Waals surface area contributed by atoms with E-state index >= 15 is 0 Å². The van der Waals surface area contributed by atoms with Crippen molar-refractivity contribution in [1.82, 2.24) is 24.6 Å². The van der Waals surface area contributed by atoms with Crippen molar-refractivity contribution in [3.63, 3.8) is 0 Å². The van der Waals surface area contributed by atoms with E-state index in [1.54, 1.807) is 14.1 Å². The maximum Gasteiger partial charge on any atom is 0.416 e. The number of benzene rings is 1. The number of alkyl halides is 6. The largest absolute Gasteiger partial charge is 0.416 e. The van der Waals surface area contributed by atoms with Crippen LogP contribution < -0.4 is 0 Å². The Labute approximate surface area is 195 Å². The molecule has 0 bridgehead atoms. The maximum atomic E-state index is 13.1. The van der Waals surface area contributed by atoms with E-state index < -0.39 is 47.2 Å². The van der Waals surface area contributed by atoms with Gasteiger partial charge < -0.3 is 4.90 Å². The van der Waals surface area contributed by atoms with Crippen LogP contribution in [0, 0.1) is 0 Å². The molecule has 1 atom stereocenters. The Hall–Kier alpha value is -3.77. The number of Topliss-reactive ketones (excluding diaryl/α,β-unsaturated/α-hetero) is 1. The second-order valence-corrected chi connectivity index (χ2v) is 7.96. The Morgan fingerprint density at radius 3 is 2.09 bits per heavy atom. The zero-order valence-electron chi connectivity index (χ0n) is 18.6. The van der Waals surface area contributed by atoms with Gasteiger partial charge in [0.15, 0.2) is 11.6 Å². The van der Waals surface area contributed by atoms with E-state index in [1.165, 1.54) is 34.8 Å². The molecular formula is C22H19F6N5O2. The Kier molecular flexibility index (Phi) is 6.99. The van der Waals surface area contributed by atoms with Gasteiger partial charge in [-0.2, -0.15) is 36.1 Å². The molecule has 186 valence electrons. The lowest BCUT2D eigenvalue weighted by atomic mass is 9.95. The lowest BCUT2D eigenvalue weighted by Crippen LogP contribution is -2.22. The first-order chi connectivity index (χ1) is 16.2. The maximum absolute atomic E-state index is 13.1. The fourth-order valence-corrected chi connectivity index (χ4v) is 3.29. The molecular weight excluding hydrogens is 480 g/mol. The van der Waals surface area contributed by atoms with Crippen LogP contribution in [0.5, 0.6) is 0 Å². The van der Waals surface area contributed by atoms with E-state index in [9.17, 15) is 35.9 Å². The Morgan fingerprint density at radius 2 is 1.54 bits per heavy atom. The monoisotopic (exact) mass is 499 g/mol. The minimum Gasteiger partial charge on any atom is -0.345 e. The number of amides is 1. The molecule has 3 rings (SSSR count). The molecule has 1 aromatic carbocycles. The summed E-state index contributed by atoms with van der Waals surface area (Å²) >= 11 is 0. The van der Waals surface area contributed by atoms with Crippen LogP contribution in [0.3, 0.4) is 0 Å². The van der Waals surface area contributed by atoms with Crippen LogP contribution in [0.25, 0.3) is 5.82 Å². The van der Waals surface area contributed by atoms with Gasteiger partial charge in [-0.1, -0.05) is 6.92 Å². The highest BCUT2D eigenvalue weighted by atomic mass is 19.4. The molecule has 0 radical (unpaired) electrons. The van der Waals surface area contributed by atoms with Crippen molar-refractivity contribution in [2.24, 2.45) is 0 Å². The van der Waals surface area contributed by atoms with E-state index in [4.69, 9.17) is 0 Å². The molecule has 0 spiro atoms. The normalized spacial score (nSPS) is 12.9. The van der Waals surface area contributed by atoms with Crippen molar-refractivity contribution in [3.8, 4) is 5.82 Å². The molecule has 2 heterocycles. The Balaban J connectivity index is 1.91. The summed E-state index contributed by atoms with van der Waals surface area (Å²) in [4.78, 5) is 34.5. The standard InChI is InChI=1S/C22H19F6N5O2/c1-12(6-17(34)14-7-15(21(23,24)25)10-16(8-14)22(26,27)28)19-30-11-31-33(19)18-9-13(4-5-29-18)20(35)32(2)3/h4-5,7-12H,6H2,1-3H3/t12-/m1/s1. The predicted molar refractivity (Wildman–Crippen MR) is 111 cm³/mol. The van der Waals surface area contributed by atoms with Gasteiger partial charge in [0.25, 0.3) is 5.91 Å². The van der Waals surface area contributed by atoms with Crippen LogP contribution in [-0.2, 0) is 12.4 Å². The first kappa shape index (κ1) is 25.8. The molecule has 2 aromatic heterocycles. The van der Waals surface area contributed by atoms with Gasteiger partial charge in [-0.3, -0.25) is 9.59 Å². The second-order valence-electron chi connectivity index (χ2n) is 7.96. The molecule has 13 heteroatoms. The van der Waals surface area contributed by atoms with Crippen molar-refractivity contribution >= 4 is 11.7 Å². The quantitative estimate of drug-likeness (QED) is 0.360. The first-order valence-electron chi connectivity index (χ1n) is 10.1. The lowest BCUT2D eigenvalue weighted by Gasteiger charge is -2.16. The van der Waals surface area contributed by atoms with Crippen molar-refractivity contribution in [1.29, 1.82) is 0 Å². The van der Waals surface area contributed by atoms with Gasteiger partial charge in [0, 0.05) is 43.8 Å².